The van der Waals surface area contributed by atoms with E-state index in [1.165, 1.54) is 51.4 Å². The first-order chi connectivity index (χ1) is 7.48. The summed E-state index contributed by atoms with van der Waals surface area (Å²) in [5, 5.41) is 0. The Bertz CT molecular complexity index is 141. The molecule has 0 rings (SSSR count). The van der Waals surface area contributed by atoms with Gasteiger partial charge in [-0.15, -0.1) is 0 Å². The third-order valence-electron chi connectivity index (χ3n) is 3.76. The minimum absolute atomic E-state index is 0.470. The lowest BCUT2D eigenvalue weighted by molar-refractivity contribution is 0.256. The minimum Gasteiger partial charge on any atom is -0.0654 e. The Morgan fingerprint density at radius 2 is 1.50 bits per heavy atom. The van der Waals surface area contributed by atoms with Crippen LogP contribution in [0.2, 0.25) is 0 Å². The molecule has 0 nitrogen and oxygen atoms in total. The van der Waals surface area contributed by atoms with Crippen LogP contribution in [0.4, 0.5) is 0 Å². The van der Waals surface area contributed by atoms with Crippen molar-refractivity contribution < 1.29 is 0 Å². The summed E-state index contributed by atoms with van der Waals surface area (Å²) in [6, 6.07) is 0. The van der Waals surface area contributed by atoms with Crippen LogP contribution in [-0.4, -0.2) is 0 Å². The fourth-order valence-corrected chi connectivity index (χ4v) is 1.79. The average molecular weight is 225 g/mol. The van der Waals surface area contributed by atoms with Crippen LogP contribution in [-0.2, 0) is 0 Å². The van der Waals surface area contributed by atoms with Gasteiger partial charge in [0, 0.05) is 0 Å². The van der Waals surface area contributed by atoms with Crippen molar-refractivity contribution in [1.82, 2.24) is 0 Å². The summed E-state index contributed by atoms with van der Waals surface area (Å²) in [4.78, 5) is 0. The first-order valence-electron chi connectivity index (χ1n) is 7.30. The molecule has 0 aromatic carbocycles. The zero-order chi connectivity index (χ0) is 12.4. The summed E-state index contributed by atoms with van der Waals surface area (Å²) in [5.41, 5.74) is 0.470. The van der Waals surface area contributed by atoms with Gasteiger partial charge in [0.05, 0.1) is 0 Å². The molecule has 0 N–H and O–H groups in total. The Hall–Kier alpha value is 0. The molecule has 0 aromatic rings. The van der Waals surface area contributed by atoms with Crippen LogP contribution in [0.1, 0.15) is 86.0 Å². The van der Waals surface area contributed by atoms with Crippen molar-refractivity contribution in [2.45, 2.75) is 86.0 Å². The van der Waals surface area contributed by atoms with Gasteiger partial charge in [-0.05, 0) is 24.2 Å². The van der Waals surface area contributed by atoms with E-state index in [2.05, 4.69) is 41.0 Å². The molecule has 0 spiro atoms. The maximum atomic E-state index is 2.51. The summed E-state index contributed by atoms with van der Waals surface area (Å²) in [7, 11) is 0. The largest absolute Gasteiger partial charge is 0.0654 e. The van der Waals surface area contributed by atoms with Gasteiger partial charge in [0.1, 0.15) is 0 Å². The first-order valence-corrected chi connectivity index (χ1v) is 7.30. The quantitative estimate of drug-likeness (QED) is 0.421. The van der Waals surface area contributed by atoms with Crippen molar-refractivity contribution in [2.24, 2.45) is 11.3 Å². The Kier molecular flexibility index (Phi) is 9.07. The monoisotopic (exact) mass is 225 g/mol. The van der Waals surface area contributed by atoms with E-state index >= 15 is 0 Å². The molecule has 97 valence electrons. The van der Waals surface area contributed by atoms with Crippen molar-refractivity contribution in [1.29, 1.82) is 0 Å². The average Bonchev–Trinajstić information content (AvgIpc) is 2.20. The maximum absolute atomic E-state index is 2.51. The number of hydrogen-bond acceptors (Lipinski definition) is 0. The maximum Gasteiger partial charge on any atom is -0.0357 e. The highest BCUT2D eigenvalue weighted by Gasteiger charge is 2.18. The van der Waals surface area contributed by atoms with Crippen LogP contribution in [0.25, 0.3) is 0 Å². The molecule has 0 heteroatoms. The molecule has 0 aromatic heterocycles. The predicted molar refractivity (Wildman–Crippen MR) is 75.5 cm³/mol. The van der Waals surface area contributed by atoms with Gasteiger partial charge in [-0.2, -0.15) is 0 Å². The van der Waals surface area contributed by atoms with Crippen LogP contribution in [0.5, 0.6) is 0 Å². The molecule has 1 unspecified atom stereocenters. The van der Waals surface area contributed by atoms with E-state index in [0.29, 0.717) is 5.41 Å². The summed E-state index contributed by atoms with van der Waals surface area (Å²) >= 11 is 0. The highest BCUT2D eigenvalue weighted by atomic mass is 14.2. The SMILES string of the molecule is CCCCCCCC[CH]CC(C)C(C)(C)C. The lowest BCUT2D eigenvalue weighted by Gasteiger charge is -2.27. The van der Waals surface area contributed by atoms with Crippen molar-refractivity contribution >= 4 is 0 Å². The normalized spacial score (nSPS) is 14.1. The second-order valence-electron chi connectivity index (χ2n) is 6.35. The van der Waals surface area contributed by atoms with Gasteiger partial charge in [-0.25, -0.2) is 0 Å². The second-order valence-corrected chi connectivity index (χ2v) is 6.35. The van der Waals surface area contributed by atoms with E-state index in [0.717, 1.165) is 5.92 Å². The molecule has 0 fully saturated rings. The van der Waals surface area contributed by atoms with Crippen LogP contribution < -0.4 is 0 Å². The van der Waals surface area contributed by atoms with Crippen molar-refractivity contribution in [3.8, 4) is 0 Å². The minimum atomic E-state index is 0.470. The molecule has 0 aliphatic rings. The number of rotatable bonds is 9. The predicted octanol–water partition coefficient (Wildman–Crippen LogP) is 6.01. The molecule has 1 atom stereocenters. The van der Waals surface area contributed by atoms with E-state index in [1.54, 1.807) is 0 Å². The zero-order valence-corrected chi connectivity index (χ0v) is 12.3. The van der Waals surface area contributed by atoms with Gasteiger partial charge in [0.15, 0.2) is 0 Å². The van der Waals surface area contributed by atoms with Crippen LogP contribution in [0.3, 0.4) is 0 Å². The van der Waals surface area contributed by atoms with E-state index in [1.807, 2.05) is 0 Å². The summed E-state index contributed by atoms with van der Waals surface area (Å²) in [6.45, 7) is 11.7. The summed E-state index contributed by atoms with van der Waals surface area (Å²) < 4.78 is 0. The number of unbranched alkanes of at least 4 members (excludes halogenated alkanes) is 7. The van der Waals surface area contributed by atoms with Gasteiger partial charge in [0.25, 0.3) is 0 Å². The molecule has 0 saturated carbocycles. The lowest BCUT2D eigenvalue weighted by atomic mass is 9.79. The molecule has 0 bridgehead atoms. The van der Waals surface area contributed by atoms with E-state index < -0.39 is 0 Å². The summed E-state index contributed by atoms with van der Waals surface area (Å²) in [6.07, 6.45) is 13.6. The Morgan fingerprint density at radius 1 is 0.938 bits per heavy atom. The standard InChI is InChI=1S/C16H33/c1-6-7-8-9-10-11-12-13-14-15(2)16(3,4)5/h13,15H,6-12,14H2,1-5H3. The Morgan fingerprint density at radius 3 is 2.06 bits per heavy atom. The van der Waals surface area contributed by atoms with Gasteiger partial charge in [-0.1, -0.05) is 79.6 Å². The number of hydrogen-bond donors (Lipinski definition) is 0. The van der Waals surface area contributed by atoms with Crippen LogP contribution >= 0.6 is 0 Å². The molecular formula is C16H33. The molecule has 1 radical (unpaired) electrons. The fourth-order valence-electron chi connectivity index (χ4n) is 1.79. The topological polar surface area (TPSA) is 0 Å². The third-order valence-corrected chi connectivity index (χ3v) is 3.76. The second kappa shape index (κ2) is 9.07. The van der Waals surface area contributed by atoms with Gasteiger partial charge in [0.2, 0.25) is 0 Å². The van der Waals surface area contributed by atoms with E-state index in [-0.39, 0.29) is 0 Å². The van der Waals surface area contributed by atoms with E-state index in [4.69, 9.17) is 0 Å². The first kappa shape index (κ1) is 16.0. The van der Waals surface area contributed by atoms with Crippen LogP contribution in [0, 0.1) is 17.8 Å². The lowest BCUT2D eigenvalue weighted by Crippen LogP contribution is -2.17. The molecule has 0 aliphatic heterocycles. The van der Waals surface area contributed by atoms with Gasteiger partial charge in [-0.3, -0.25) is 0 Å². The highest BCUT2D eigenvalue weighted by molar-refractivity contribution is 4.76. The van der Waals surface area contributed by atoms with Gasteiger partial charge >= 0.3 is 0 Å². The molecular weight excluding hydrogens is 192 g/mol. The smallest absolute Gasteiger partial charge is 0.0357 e. The molecule has 16 heavy (non-hydrogen) atoms. The molecule has 0 heterocycles. The highest BCUT2D eigenvalue weighted by Crippen LogP contribution is 2.29. The zero-order valence-electron chi connectivity index (χ0n) is 12.3. The van der Waals surface area contributed by atoms with Gasteiger partial charge < -0.3 is 0 Å². The van der Waals surface area contributed by atoms with E-state index in [9.17, 15) is 0 Å². The van der Waals surface area contributed by atoms with Crippen molar-refractivity contribution in [3.63, 3.8) is 0 Å². The van der Waals surface area contributed by atoms with Crippen molar-refractivity contribution in [2.75, 3.05) is 0 Å². The summed E-state index contributed by atoms with van der Waals surface area (Å²) in [5.74, 6) is 0.813. The van der Waals surface area contributed by atoms with Crippen molar-refractivity contribution in [3.05, 3.63) is 6.42 Å². The fraction of sp³-hybridized carbons (Fsp3) is 0.938. The Balaban J connectivity index is 3.21. The Labute approximate surface area is 104 Å². The van der Waals surface area contributed by atoms with Crippen LogP contribution in [0.15, 0.2) is 0 Å². The molecule has 0 aliphatic carbocycles. The molecule has 0 amide bonds. The molecule has 0 saturated heterocycles. The third kappa shape index (κ3) is 9.24.